The number of ether oxygens (including phenoxy) is 2. The lowest BCUT2D eigenvalue weighted by molar-refractivity contribution is -0.117. The van der Waals surface area contributed by atoms with E-state index in [1.807, 2.05) is 13.0 Å². The molecule has 2 heteroatoms. The zero-order valence-electron chi connectivity index (χ0n) is 11.7. The molecule has 1 aliphatic carbocycles. The fraction of sp³-hybridized carbons (Fsp3) is 0.625. The molecule has 1 atom stereocenters. The van der Waals surface area contributed by atoms with Crippen LogP contribution in [0.25, 0.3) is 0 Å². The van der Waals surface area contributed by atoms with E-state index >= 15 is 0 Å². The van der Waals surface area contributed by atoms with E-state index in [2.05, 4.69) is 26.0 Å². The Morgan fingerprint density at radius 3 is 2.50 bits per heavy atom. The highest BCUT2D eigenvalue weighted by atomic mass is 16.7. The van der Waals surface area contributed by atoms with Gasteiger partial charge in [0.1, 0.15) is 5.75 Å². The Morgan fingerprint density at radius 1 is 1.11 bits per heavy atom. The van der Waals surface area contributed by atoms with E-state index < -0.39 is 0 Å². The van der Waals surface area contributed by atoms with Gasteiger partial charge >= 0.3 is 0 Å². The molecule has 0 radical (unpaired) electrons. The predicted molar refractivity (Wildman–Crippen MR) is 74.0 cm³/mol. The molecule has 1 fully saturated rings. The van der Waals surface area contributed by atoms with Gasteiger partial charge in [0.05, 0.1) is 6.10 Å². The first-order chi connectivity index (χ1) is 8.65. The Bertz CT molecular complexity index is 381. The van der Waals surface area contributed by atoms with Crippen molar-refractivity contribution in [3.05, 3.63) is 29.3 Å². The van der Waals surface area contributed by atoms with Gasteiger partial charge in [-0.3, -0.25) is 0 Å². The number of aryl methyl sites for hydroxylation is 2. The summed E-state index contributed by atoms with van der Waals surface area (Å²) in [5.41, 5.74) is 2.44. The number of benzene rings is 1. The van der Waals surface area contributed by atoms with Gasteiger partial charge in [0.2, 0.25) is 0 Å². The Morgan fingerprint density at radius 2 is 1.83 bits per heavy atom. The summed E-state index contributed by atoms with van der Waals surface area (Å²) >= 11 is 0. The molecule has 100 valence electrons. The smallest absolute Gasteiger partial charge is 0.197 e. The van der Waals surface area contributed by atoms with Gasteiger partial charge in [-0.1, -0.05) is 37.0 Å². The Hall–Kier alpha value is -1.02. The average Bonchev–Trinajstić information content (AvgIpc) is 2.34. The van der Waals surface area contributed by atoms with Gasteiger partial charge in [-0.15, -0.1) is 0 Å². The number of rotatable bonds is 4. The van der Waals surface area contributed by atoms with Crippen LogP contribution >= 0.6 is 0 Å². The summed E-state index contributed by atoms with van der Waals surface area (Å²) in [6, 6.07) is 6.25. The molecule has 0 N–H and O–H groups in total. The van der Waals surface area contributed by atoms with Crippen LogP contribution in [0.15, 0.2) is 18.2 Å². The first kappa shape index (κ1) is 13.4. The van der Waals surface area contributed by atoms with Crippen LogP contribution in [-0.4, -0.2) is 12.4 Å². The normalized spacial score (nSPS) is 18.6. The van der Waals surface area contributed by atoms with Gasteiger partial charge in [0.15, 0.2) is 6.29 Å². The third kappa shape index (κ3) is 3.74. The van der Waals surface area contributed by atoms with Crippen LogP contribution in [0.3, 0.4) is 0 Å². The van der Waals surface area contributed by atoms with Gasteiger partial charge < -0.3 is 9.47 Å². The number of hydrogen-bond acceptors (Lipinski definition) is 2. The first-order valence-corrected chi connectivity index (χ1v) is 7.04. The predicted octanol–water partition coefficient (Wildman–Crippen LogP) is 4.38. The maximum Gasteiger partial charge on any atom is 0.197 e. The molecule has 1 aromatic rings. The maximum absolute atomic E-state index is 5.96. The molecule has 0 aromatic heterocycles. The zero-order valence-corrected chi connectivity index (χ0v) is 11.7. The van der Waals surface area contributed by atoms with Crippen molar-refractivity contribution in [1.82, 2.24) is 0 Å². The summed E-state index contributed by atoms with van der Waals surface area (Å²) in [7, 11) is 0. The summed E-state index contributed by atoms with van der Waals surface area (Å²) in [6.07, 6.45) is 6.53. The van der Waals surface area contributed by atoms with Crippen molar-refractivity contribution < 1.29 is 9.47 Å². The van der Waals surface area contributed by atoms with Gasteiger partial charge in [0.25, 0.3) is 0 Å². The minimum absolute atomic E-state index is 0.158. The van der Waals surface area contributed by atoms with Crippen molar-refractivity contribution in [2.75, 3.05) is 0 Å². The molecular weight excluding hydrogens is 224 g/mol. The molecule has 1 unspecified atom stereocenters. The molecule has 0 amide bonds. The lowest BCUT2D eigenvalue weighted by atomic mass is 9.98. The van der Waals surface area contributed by atoms with Crippen molar-refractivity contribution in [2.24, 2.45) is 0 Å². The molecule has 2 nitrogen and oxygen atoms in total. The summed E-state index contributed by atoms with van der Waals surface area (Å²) in [5, 5.41) is 0. The average molecular weight is 248 g/mol. The van der Waals surface area contributed by atoms with Crippen molar-refractivity contribution >= 4 is 0 Å². The molecular formula is C16H24O2. The van der Waals surface area contributed by atoms with Crippen LogP contribution in [0.2, 0.25) is 0 Å². The zero-order chi connectivity index (χ0) is 13.0. The monoisotopic (exact) mass is 248 g/mol. The first-order valence-electron chi connectivity index (χ1n) is 7.04. The van der Waals surface area contributed by atoms with Crippen LogP contribution in [0.5, 0.6) is 5.75 Å². The van der Waals surface area contributed by atoms with Crippen LogP contribution in [0.4, 0.5) is 0 Å². The molecule has 0 heterocycles. The second-order valence-electron chi connectivity index (χ2n) is 5.35. The van der Waals surface area contributed by atoms with E-state index in [0.29, 0.717) is 6.10 Å². The summed E-state index contributed by atoms with van der Waals surface area (Å²) in [5.74, 6) is 0.934. The molecule has 1 aromatic carbocycles. The number of hydrogen-bond donors (Lipinski definition) is 0. The Kier molecular flexibility index (Phi) is 4.65. The molecule has 1 aliphatic rings. The molecule has 0 spiro atoms. The van der Waals surface area contributed by atoms with Crippen LogP contribution < -0.4 is 4.74 Å². The van der Waals surface area contributed by atoms with Crippen LogP contribution in [0.1, 0.15) is 50.2 Å². The molecule has 0 saturated heterocycles. The summed E-state index contributed by atoms with van der Waals surface area (Å²) in [4.78, 5) is 0. The second-order valence-corrected chi connectivity index (χ2v) is 5.35. The van der Waals surface area contributed by atoms with E-state index in [4.69, 9.17) is 9.47 Å². The van der Waals surface area contributed by atoms with Crippen LogP contribution in [0, 0.1) is 13.8 Å². The minimum atomic E-state index is -0.158. The van der Waals surface area contributed by atoms with Gasteiger partial charge in [-0.2, -0.15) is 0 Å². The highest BCUT2D eigenvalue weighted by molar-refractivity contribution is 5.35. The Labute approximate surface area is 110 Å². The van der Waals surface area contributed by atoms with Crippen molar-refractivity contribution in [2.45, 2.75) is 65.3 Å². The quantitative estimate of drug-likeness (QED) is 0.736. The second kappa shape index (κ2) is 6.24. The molecule has 0 aliphatic heterocycles. The minimum Gasteiger partial charge on any atom is -0.465 e. The molecule has 0 bridgehead atoms. The standard InChI is InChI=1S/C16H24O2/c1-12-9-10-16(13(2)11-12)18-14(3)17-15-7-5-4-6-8-15/h9-11,14-15H,4-8H2,1-3H3. The van der Waals surface area contributed by atoms with E-state index in [9.17, 15) is 0 Å². The highest BCUT2D eigenvalue weighted by Crippen LogP contribution is 2.24. The van der Waals surface area contributed by atoms with Crippen molar-refractivity contribution in [3.63, 3.8) is 0 Å². The summed E-state index contributed by atoms with van der Waals surface area (Å²) in [6.45, 7) is 6.17. The lowest BCUT2D eigenvalue weighted by Gasteiger charge is -2.26. The maximum atomic E-state index is 5.96. The third-order valence-electron chi connectivity index (χ3n) is 3.56. The van der Waals surface area contributed by atoms with Gasteiger partial charge in [-0.25, -0.2) is 0 Å². The summed E-state index contributed by atoms with van der Waals surface area (Å²) < 4.78 is 11.8. The van der Waals surface area contributed by atoms with E-state index in [-0.39, 0.29) is 6.29 Å². The van der Waals surface area contributed by atoms with Gasteiger partial charge in [-0.05, 0) is 45.2 Å². The van der Waals surface area contributed by atoms with Crippen molar-refractivity contribution in [1.29, 1.82) is 0 Å². The fourth-order valence-corrected chi connectivity index (χ4v) is 2.61. The molecule has 18 heavy (non-hydrogen) atoms. The highest BCUT2D eigenvalue weighted by Gasteiger charge is 2.17. The molecule has 1 saturated carbocycles. The van der Waals surface area contributed by atoms with E-state index in [1.54, 1.807) is 0 Å². The Balaban J connectivity index is 1.87. The molecule has 2 rings (SSSR count). The van der Waals surface area contributed by atoms with Crippen molar-refractivity contribution in [3.8, 4) is 5.75 Å². The third-order valence-corrected chi connectivity index (χ3v) is 3.56. The SMILES string of the molecule is Cc1ccc(OC(C)OC2CCCCC2)c(C)c1. The lowest BCUT2D eigenvalue weighted by Crippen LogP contribution is -2.26. The topological polar surface area (TPSA) is 18.5 Å². The largest absolute Gasteiger partial charge is 0.465 e. The fourth-order valence-electron chi connectivity index (χ4n) is 2.61. The van der Waals surface area contributed by atoms with E-state index in [0.717, 1.165) is 5.75 Å². The van der Waals surface area contributed by atoms with Gasteiger partial charge in [0, 0.05) is 0 Å². The van der Waals surface area contributed by atoms with Crippen LogP contribution in [-0.2, 0) is 4.74 Å². The van der Waals surface area contributed by atoms with E-state index in [1.165, 1.54) is 43.2 Å².